The van der Waals surface area contributed by atoms with Crippen molar-refractivity contribution in [2.24, 2.45) is 0 Å². The summed E-state index contributed by atoms with van der Waals surface area (Å²) < 4.78 is 12.4. The van der Waals surface area contributed by atoms with Gasteiger partial charge in [-0.05, 0) is 6.07 Å². The van der Waals surface area contributed by atoms with E-state index >= 15 is 0 Å². The van der Waals surface area contributed by atoms with Crippen molar-refractivity contribution in [2.45, 2.75) is 24.4 Å². The van der Waals surface area contributed by atoms with Crippen molar-refractivity contribution in [2.75, 3.05) is 18.9 Å². The Morgan fingerprint density at radius 1 is 1.71 bits per heavy atom. The van der Waals surface area contributed by atoms with E-state index in [4.69, 9.17) is 15.2 Å². The molecule has 0 aliphatic carbocycles. The summed E-state index contributed by atoms with van der Waals surface area (Å²) in [7, 11) is 0. The number of fused-ring (bicyclic) bond motifs is 1. The van der Waals surface area contributed by atoms with Crippen LogP contribution in [0.2, 0.25) is 0 Å². The van der Waals surface area contributed by atoms with Crippen molar-refractivity contribution < 1.29 is 14.6 Å². The maximum atomic E-state index is 11.6. The van der Waals surface area contributed by atoms with Crippen molar-refractivity contribution in [3.05, 3.63) is 22.7 Å². The van der Waals surface area contributed by atoms with E-state index in [9.17, 15) is 9.90 Å². The van der Waals surface area contributed by atoms with E-state index in [0.717, 1.165) is 0 Å². The molecule has 2 fully saturated rings. The summed E-state index contributed by atoms with van der Waals surface area (Å²) in [5, 5.41) is 9.30. The molecule has 0 radical (unpaired) electrons. The Morgan fingerprint density at radius 2 is 2.53 bits per heavy atom. The Morgan fingerprint density at radius 3 is 3.06 bits per heavy atom. The minimum atomic E-state index is -0.647. The molecule has 0 spiro atoms. The van der Waals surface area contributed by atoms with Gasteiger partial charge in [0.2, 0.25) is 0 Å². The molecule has 1 aromatic heterocycles. The molecule has 17 heavy (non-hydrogen) atoms. The summed E-state index contributed by atoms with van der Waals surface area (Å²) in [6.45, 7) is 0.257. The second-order valence-corrected chi connectivity index (χ2v) is 4.37. The van der Waals surface area contributed by atoms with Crippen LogP contribution in [-0.2, 0) is 9.47 Å². The highest BCUT2D eigenvalue weighted by Crippen LogP contribution is 2.44. The zero-order chi connectivity index (χ0) is 12.0. The van der Waals surface area contributed by atoms with Crippen LogP contribution in [0.5, 0.6) is 0 Å². The van der Waals surface area contributed by atoms with E-state index in [1.54, 1.807) is 6.20 Å². The molecule has 0 saturated carbocycles. The van der Waals surface area contributed by atoms with Gasteiger partial charge in [-0.3, -0.25) is 4.57 Å². The quantitative estimate of drug-likeness (QED) is 0.677. The van der Waals surface area contributed by atoms with Crippen LogP contribution < -0.4 is 11.4 Å². The molecule has 3 heterocycles. The molecule has 0 aromatic carbocycles. The van der Waals surface area contributed by atoms with Gasteiger partial charge in [0.1, 0.15) is 17.6 Å². The molecule has 3 rings (SSSR count). The van der Waals surface area contributed by atoms with Crippen LogP contribution in [0.15, 0.2) is 17.1 Å². The average molecular weight is 239 g/mol. The number of hydrogen-bond acceptors (Lipinski definition) is 6. The van der Waals surface area contributed by atoms with Crippen molar-refractivity contribution in [1.82, 2.24) is 9.55 Å². The van der Waals surface area contributed by atoms with Crippen LogP contribution in [0.4, 0.5) is 5.82 Å². The smallest absolute Gasteiger partial charge is 0.351 e. The van der Waals surface area contributed by atoms with Gasteiger partial charge in [-0.2, -0.15) is 4.98 Å². The SMILES string of the molecule is Nc1ccn([C@H]2CC3OC[C@]3(CO)O2)c(=O)n1. The zero-order valence-corrected chi connectivity index (χ0v) is 9.07. The lowest BCUT2D eigenvalue weighted by atomic mass is 9.93. The van der Waals surface area contributed by atoms with Gasteiger partial charge >= 0.3 is 5.69 Å². The standard InChI is InChI=1S/C10H13N3O4/c11-7-1-2-13(9(15)12-7)8-3-6-10(4-14,17-8)5-16-6/h1-2,6,8,14H,3-5H2,(H2,11,12,15)/t6?,8-,10+/m1/s1. The second-order valence-electron chi connectivity index (χ2n) is 4.37. The lowest BCUT2D eigenvalue weighted by Crippen LogP contribution is -2.58. The molecule has 1 aromatic rings. The molecule has 3 N–H and O–H groups in total. The number of nitrogens with zero attached hydrogens (tertiary/aromatic N) is 2. The first-order valence-electron chi connectivity index (χ1n) is 5.39. The van der Waals surface area contributed by atoms with Gasteiger partial charge in [0.15, 0.2) is 0 Å². The minimum Gasteiger partial charge on any atom is -0.393 e. The first-order valence-corrected chi connectivity index (χ1v) is 5.39. The third kappa shape index (κ3) is 1.47. The van der Waals surface area contributed by atoms with E-state index in [1.165, 1.54) is 10.6 Å². The number of aliphatic hydroxyl groups excluding tert-OH is 1. The van der Waals surface area contributed by atoms with Gasteiger partial charge in [0.25, 0.3) is 0 Å². The first kappa shape index (κ1) is 10.7. The topological polar surface area (TPSA) is 99.6 Å². The normalized spacial score (nSPS) is 35.4. The molecule has 2 saturated heterocycles. The molecule has 7 nitrogen and oxygen atoms in total. The number of rotatable bonds is 2. The highest BCUT2D eigenvalue weighted by molar-refractivity contribution is 5.23. The van der Waals surface area contributed by atoms with Crippen LogP contribution in [0.25, 0.3) is 0 Å². The number of nitrogens with two attached hydrogens (primary N) is 1. The summed E-state index contributed by atoms with van der Waals surface area (Å²) in [5.74, 6) is 0.181. The average Bonchev–Trinajstić information content (AvgIpc) is 2.52. The van der Waals surface area contributed by atoms with Crippen LogP contribution >= 0.6 is 0 Å². The molecular weight excluding hydrogens is 226 g/mol. The molecule has 1 unspecified atom stereocenters. The molecule has 7 heteroatoms. The number of hydrogen-bond donors (Lipinski definition) is 2. The molecule has 0 amide bonds. The summed E-state index contributed by atoms with van der Waals surface area (Å²) in [6, 6.07) is 1.54. The van der Waals surface area contributed by atoms with E-state index in [2.05, 4.69) is 4.98 Å². The van der Waals surface area contributed by atoms with Crippen LogP contribution in [0, 0.1) is 0 Å². The number of anilines is 1. The fourth-order valence-electron chi connectivity index (χ4n) is 2.28. The summed E-state index contributed by atoms with van der Waals surface area (Å²) in [6.07, 6.45) is 1.48. The number of nitrogen functional groups attached to an aromatic ring is 1. The highest BCUT2D eigenvalue weighted by Gasteiger charge is 2.57. The Hall–Kier alpha value is -1.44. The second kappa shape index (κ2) is 3.52. The van der Waals surface area contributed by atoms with E-state index in [-0.39, 0.29) is 18.5 Å². The van der Waals surface area contributed by atoms with Crippen LogP contribution in [0.3, 0.4) is 0 Å². The minimum absolute atomic E-state index is 0.106. The van der Waals surface area contributed by atoms with Gasteiger partial charge in [0, 0.05) is 12.6 Å². The molecule has 2 aliphatic rings. The third-order valence-electron chi connectivity index (χ3n) is 3.33. The van der Waals surface area contributed by atoms with Crippen molar-refractivity contribution >= 4 is 5.82 Å². The van der Waals surface area contributed by atoms with Crippen molar-refractivity contribution in [3.63, 3.8) is 0 Å². The fourth-order valence-corrected chi connectivity index (χ4v) is 2.28. The molecule has 3 atom stereocenters. The van der Waals surface area contributed by atoms with Crippen LogP contribution in [-0.4, -0.2) is 39.6 Å². The summed E-state index contributed by atoms with van der Waals surface area (Å²) in [5.41, 5.74) is 4.31. The largest absolute Gasteiger partial charge is 0.393 e. The molecule has 2 aliphatic heterocycles. The van der Waals surface area contributed by atoms with E-state index in [1.807, 2.05) is 0 Å². The Kier molecular flexibility index (Phi) is 2.22. The maximum Gasteiger partial charge on any atom is 0.351 e. The Balaban J connectivity index is 1.89. The first-order chi connectivity index (χ1) is 8.14. The number of aromatic nitrogens is 2. The summed E-state index contributed by atoms with van der Waals surface area (Å²) >= 11 is 0. The summed E-state index contributed by atoms with van der Waals surface area (Å²) in [4.78, 5) is 15.3. The predicted octanol–water partition coefficient (Wildman–Crippen LogP) is -1.13. The maximum absolute atomic E-state index is 11.6. The van der Waals surface area contributed by atoms with Gasteiger partial charge < -0.3 is 20.3 Å². The van der Waals surface area contributed by atoms with Crippen molar-refractivity contribution in [1.29, 1.82) is 0 Å². The third-order valence-corrected chi connectivity index (χ3v) is 3.33. The van der Waals surface area contributed by atoms with Crippen LogP contribution in [0.1, 0.15) is 12.6 Å². The monoisotopic (exact) mass is 239 g/mol. The fraction of sp³-hybridized carbons (Fsp3) is 0.600. The number of ether oxygens (including phenoxy) is 2. The zero-order valence-electron chi connectivity index (χ0n) is 9.07. The number of aliphatic hydroxyl groups is 1. The van der Waals surface area contributed by atoms with E-state index < -0.39 is 17.5 Å². The Bertz CT molecular complexity index is 499. The van der Waals surface area contributed by atoms with Gasteiger partial charge in [0.05, 0.1) is 19.3 Å². The molecule has 0 bridgehead atoms. The van der Waals surface area contributed by atoms with Gasteiger partial charge in [-0.1, -0.05) is 0 Å². The van der Waals surface area contributed by atoms with Gasteiger partial charge in [-0.25, -0.2) is 4.79 Å². The van der Waals surface area contributed by atoms with Gasteiger partial charge in [-0.15, -0.1) is 0 Å². The van der Waals surface area contributed by atoms with E-state index in [0.29, 0.717) is 13.0 Å². The molecular formula is C10H13N3O4. The highest BCUT2D eigenvalue weighted by atomic mass is 16.6. The van der Waals surface area contributed by atoms with Crippen molar-refractivity contribution in [3.8, 4) is 0 Å². The lowest BCUT2D eigenvalue weighted by molar-refractivity contribution is -0.242. The molecule has 92 valence electrons. The Labute approximate surface area is 96.8 Å². The lowest BCUT2D eigenvalue weighted by Gasteiger charge is -2.41. The predicted molar refractivity (Wildman–Crippen MR) is 57.2 cm³/mol.